The highest BCUT2D eigenvalue weighted by Crippen LogP contribution is 2.40. The van der Waals surface area contributed by atoms with Crippen LogP contribution in [0, 0.1) is 6.92 Å². The predicted octanol–water partition coefficient (Wildman–Crippen LogP) is 5.08. The fraction of sp³-hybridized carbons (Fsp3) is 0.333. The lowest BCUT2D eigenvalue weighted by atomic mass is 9.97. The zero-order valence-corrected chi connectivity index (χ0v) is 19.4. The highest BCUT2D eigenvalue weighted by molar-refractivity contribution is 5.75. The van der Waals surface area contributed by atoms with E-state index in [-0.39, 0.29) is 18.0 Å². The van der Waals surface area contributed by atoms with Gasteiger partial charge in [0, 0.05) is 31.0 Å². The fourth-order valence-electron chi connectivity index (χ4n) is 4.50. The van der Waals surface area contributed by atoms with Gasteiger partial charge in [0.1, 0.15) is 5.69 Å². The third kappa shape index (κ3) is 4.78. The maximum atomic E-state index is 12.7. The average molecular weight is 456 g/mol. The van der Waals surface area contributed by atoms with Crippen LogP contribution in [0.4, 0.5) is 4.79 Å². The Morgan fingerprint density at radius 3 is 2.71 bits per heavy atom. The summed E-state index contributed by atoms with van der Waals surface area (Å²) in [6.45, 7) is 7.07. The highest BCUT2D eigenvalue weighted by Gasteiger charge is 2.40. The van der Waals surface area contributed by atoms with Gasteiger partial charge in [-0.05, 0) is 49.5 Å². The smallest absolute Gasteiger partial charge is 0.317 e. The number of amides is 2. The summed E-state index contributed by atoms with van der Waals surface area (Å²) in [5.41, 5.74) is 3.90. The first-order chi connectivity index (χ1) is 16.6. The summed E-state index contributed by atoms with van der Waals surface area (Å²) in [5.74, 6) is 1.69. The van der Waals surface area contributed by atoms with E-state index in [1.807, 2.05) is 54.3 Å². The van der Waals surface area contributed by atoms with Crippen molar-refractivity contribution in [3.63, 3.8) is 0 Å². The van der Waals surface area contributed by atoms with E-state index in [4.69, 9.17) is 4.52 Å². The lowest BCUT2D eigenvalue weighted by molar-refractivity contribution is 0.174. The molecule has 3 aromatic rings. The number of aromatic nitrogens is 3. The molecule has 2 amide bonds. The topological polar surface area (TPSA) is 84.2 Å². The van der Waals surface area contributed by atoms with Gasteiger partial charge in [0.05, 0.1) is 5.69 Å². The van der Waals surface area contributed by atoms with Gasteiger partial charge in [0.15, 0.2) is 0 Å². The number of piperidine rings is 1. The number of hydrogen-bond donors (Lipinski definition) is 1. The van der Waals surface area contributed by atoms with Crippen LogP contribution in [-0.2, 0) is 0 Å². The molecule has 1 aliphatic heterocycles. The van der Waals surface area contributed by atoms with Gasteiger partial charge in [-0.25, -0.2) is 9.78 Å². The molecule has 7 heteroatoms. The largest absolute Gasteiger partial charge is 0.339 e. The van der Waals surface area contributed by atoms with Crippen LogP contribution in [0.1, 0.15) is 53.8 Å². The number of rotatable bonds is 6. The SMILES string of the molecule is C=C/C=C\c1nc(-c2noc(C3CCN(C(=O)NC4CC4c4ccccc4)CC3)n2)ccc1C. The van der Waals surface area contributed by atoms with Crippen LogP contribution >= 0.6 is 0 Å². The van der Waals surface area contributed by atoms with E-state index in [9.17, 15) is 4.79 Å². The molecule has 34 heavy (non-hydrogen) atoms. The van der Waals surface area contributed by atoms with Crippen molar-refractivity contribution >= 4 is 12.1 Å². The van der Waals surface area contributed by atoms with Gasteiger partial charge in [-0.1, -0.05) is 60.3 Å². The summed E-state index contributed by atoms with van der Waals surface area (Å²) < 4.78 is 5.59. The van der Waals surface area contributed by atoms with Crippen LogP contribution in [0.15, 0.2) is 65.7 Å². The van der Waals surface area contributed by atoms with Crippen LogP contribution < -0.4 is 5.32 Å². The molecule has 2 unspecified atom stereocenters. The molecule has 0 bridgehead atoms. The minimum atomic E-state index is 0.0251. The maximum absolute atomic E-state index is 12.7. The number of urea groups is 1. The second-order valence-corrected chi connectivity index (χ2v) is 9.02. The number of benzene rings is 1. The second kappa shape index (κ2) is 9.63. The number of carbonyl (C=O) groups excluding carboxylic acids is 1. The Kier molecular flexibility index (Phi) is 6.25. The average Bonchev–Trinajstić information content (AvgIpc) is 3.46. The highest BCUT2D eigenvalue weighted by atomic mass is 16.5. The molecule has 7 nitrogen and oxygen atoms in total. The predicted molar refractivity (Wildman–Crippen MR) is 131 cm³/mol. The van der Waals surface area contributed by atoms with E-state index in [1.54, 1.807) is 6.08 Å². The quantitative estimate of drug-likeness (QED) is 0.524. The lowest BCUT2D eigenvalue weighted by Crippen LogP contribution is -2.45. The van der Waals surface area contributed by atoms with Crippen LogP contribution in [0.2, 0.25) is 0 Å². The maximum Gasteiger partial charge on any atom is 0.317 e. The molecular weight excluding hydrogens is 426 g/mol. The molecule has 2 atom stereocenters. The van der Waals surface area contributed by atoms with Crippen molar-refractivity contribution in [2.24, 2.45) is 0 Å². The van der Waals surface area contributed by atoms with Gasteiger partial charge in [0.25, 0.3) is 0 Å². The number of hydrogen-bond acceptors (Lipinski definition) is 5. The second-order valence-electron chi connectivity index (χ2n) is 9.02. The van der Waals surface area contributed by atoms with E-state index < -0.39 is 0 Å². The van der Waals surface area contributed by atoms with Gasteiger partial charge >= 0.3 is 6.03 Å². The minimum absolute atomic E-state index is 0.0251. The summed E-state index contributed by atoms with van der Waals surface area (Å²) in [5, 5.41) is 7.36. The third-order valence-corrected chi connectivity index (χ3v) is 6.66. The molecule has 2 aromatic heterocycles. The van der Waals surface area contributed by atoms with Gasteiger partial charge in [-0.3, -0.25) is 0 Å². The molecule has 1 saturated carbocycles. The van der Waals surface area contributed by atoms with Crippen molar-refractivity contribution in [3.8, 4) is 11.5 Å². The Labute approximate surface area is 199 Å². The molecule has 0 spiro atoms. The molecule has 0 radical (unpaired) electrons. The van der Waals surface area contributed by atoms with E-state index in [0.29, 0.717) is 36.4 Å². The first kappa shape index (κ1) is 22.1. The Bertz CT molecular complexity index is 1190. The lowest BCUT2D eigenvalue weighted by Gasteiger charge is -2.30. The molecule has 1 aliphatic carbocycles. The summed E-state index contributed by atoms with van der Waals surface area (Å²) in [4.78, 5) is 23.9. The number of aryl methyl sites for hydroxylation is 1. The number of carbonyl (C=O) groups is 1. The normalized spacial score (nSPS) is 20.4. The Morgan fingerprint density at radius 1 is 1.15 bits per heavy atom. The summed E-state index contributed by atoms with van der Waals surface area (Å²) >= 11 is 0. The van der Waals surface area contributed by atoms with Crippen molar-refractivity contribution in [2.75, 3.05) is 13.1 Å². The van der Waals surface area contributed by atoms with Crippen molar-refractivity contribution < 1.29 is 9.32 Å². The molecular formula is C27H29N5O2. The van der Waals surface area contributed by atoms with E-state index in [2.05, 4.69) is 39.2 Å². The van der Waals surface area contributed by atoms with Gasteiger partial charge in [-0.2, -0.15) is 4.98 Å². The summed E-state index contributed by atoms with van der Waals surface area (Å²) in [6.07, 6.45) is 8.11. The van der Waals surface area contributed by atoms with Crippen molar-refractivity contribution in [1.82, 2.24) is 25.3 Å². The van der Waals surface area contributed by atoms with Gasteiger partial charge in [-0.15, -0.1) is 0 Å². The van der Waals surface area contributed by atoms with E-state index >= 15 is 0 Å². The van der Waals surface area contributed by atoms with Crippen molar-refractivity contribution in [2.45, 2.75) is 44.1 Å². The van der Waals surface area contributed by atoms with E-state index in [0.717, 1.165) is 30.5 Å². The molecule has 1 N–H and O–H groups in total. The molecule has 3 heterocycles. The van der Waals surface area contributed by atoms with Crippen molar-refractivity contribution in [1.29, 1.82) is 0 Å². The third-order valence-electron chi connectivity index (χ3n) is 6.66. The summed E-state index contributed by atoms with van der Waals surface area (Å²) in [6, 6.07) is 14.5. The number of nitrogens with zero attached hydrogens (tertiary/aromatic N) is 4. The Balaban J connectivity index is 1.16. The molecule has 2 aliphatic rings. The zero-order chi connectivity index (χ0) is 23.5. The monoisotopic (exact) mass is 455 g/mol. The zero-order valence-electron chi connectivity index (χ0n) is 19.4. The standard InChI is InChI=1S/C27H29N5O2/c1-3-4-10-22-18(2)11-12-23(28-22)25-30-26(34-31-25)20-13-15-32(16-14-20)27(33)29-24-17-21(24)19-8-6-5-7-9-19/h3-12,20-21,24H,1,13-17H2,2H3,(H,29,33)/b10-4-. The molecule has 174 valence electrons. The summed E-state index contributed by atoms with van der Waals surface area (Å²) in [7, 11) is 0. The minimum Gasteiger partial charge on any atom is -0.339 e. The van der Waals surface area contributed by atoms with Crippen LogP contribution in [0.5, 0.6) is 0 Å². The molecule has 2 fully saturated rings. The van der Waals surface area contributed by atoms with Crippen molar-refractivity contribution in [3.05, 3.63) is 83.9 Å². The van der Waals surface area contributed by atoms with Crippen LogP contribution in [0.25, 0.3) is 17.6 Å². The Morgan fingerprint density at radius 2 is 1.94 bits per heavy atom. The van der Waals surface area contributed by atoms with Crippen LogP contribution in [0.3, 0.4) is 0 Å². The molecule has 5 rings (SSSR count). The van der Waals surface area contributed by atoms with Gasteiger partial charge < -0.3 is 14.7 Å². The molecule has 1 aromatic carbocycles. The molecule has 1 saturated heterocycles. The number of nitrogens with one attached hydrogen (secondary N) is 1. The first-order valence-electron chi connectivity index (χ1n) is 11.8. The van der Waals surface area contributed by atoms with Crippen LogP contribution in [-0.4, -0.2) is 45.2 Å². The number of allylic oxidation sites excluding steroid dienone is 2. The van der Waals surface area contributed by atoms with Gasteiger partial charge in [0.2, 0.25) is 11.7 Å². The fourth-order valence-corrected chi connectivity index (χ4v) is 4.50. The first-order valence-corrected chi connectivity index (χ1v) is 11.8. The van der Waals surface area contributed by atoms with E-state index in [1.165, 1.54) is 5.56 Å². The number of likely N-dealkylation sites (tertiary alicyclic amines) is 1. The Hall–Kier alpha value is -3.74. The number of pyridine rings is 1.